The Balaban J connectivity index is 1.84. The number of hydrogen-bond acceptors (Lipinski definition) is 3. The molecule has 0 radical (unpaired) electrons. The third kappa shape index (κ3) is 2.08. The van der Waals surface area contributed by atoms with Crippen LogP contribution in [0.5, 0.6) is 0 Å². The summed E-state index contributed by atoms with van der Waals surface area (Å²) in [6.07, 6.45) is 6.37. The predicted molar refractivity (Wildman–Crippen MR) is 97.1 cm³/mol. The van der Waals surface area contributed by atoms with Gasteiger partial charge in [0.2, 0.25) is 0 Å². The van der Waals surface area contributed by atoms with Crippen molar-refractivity contribution in [1.29, 1.82) is 0 Å². The summed E-state index contributed by atoms with van der Waals surface area (Å²) in [4.78, 5) is 24.1. The molecule has 0 aromatic carbocycles. The highest BCUT2D eigenvalue weighted by Crippen LogP contribution is 2.69. The zero-order chi connectivity index (χ0) is 19.1. The number of aliphatic hydroxyl groups excluding tert-OH is 1. The van der Waals surface area contributed by atoms with E-state index in [0.717, 1.165) is 5.57 Å². The van der Waals surface area contributed by atoms with Crippen molar-refractivity contribution in [2.75, 3.05) is 0 Å². The number of alkyl halides is 1. The second kappa shape index (κ2) is 5.37. The average molecular weight is 360 g/mol. The lowest BCUT2D eigenvalue weighted by Crippen LogP contribution is -2.65. The number of Topliss-reactive ketones (excluding diaryl/α,β-unsaturated/α-hetero) is 1. The third-order valence-electron chi connectivity index (χ3n) is 8.27. The highest BCUT2D eigenvalue weighted by atomic mass is 19.1. The van der Waals surface area contributed by atoms with E-state index >= 15 is 4.39 Å². The van der Waals surface area contributed by atoms with E-state index < -0.39 is 28.5 Å². The number of aliphatic hydroxyl groups is 1. The molecule has 3 fully saturated rings. The van der Waals surface area contributed by atoms with Crippen LogP contribution in [0.1, 0.15) is 53.4 Å². The van der Waals surface area contributed by atoms with Crippen LogP contribution in [0.15, 0.2) is 23.8 Å². The number of rotatable bonds is 1. The second-order valence-corrected chi connectivity index (χ2v) is 9.70. The first kappa shape index (κ1) is 18.1. The summed E-state index contributed by atoms with van der Waals surface area (Å²) >= 11 is 0. The van der Waals surface area contributed by atoms with E-state index in [0.29, 0.717) is 25.7 Å². The molecule has 3 saturated carbocycles. The zero-order valence-electron chi connectivity index (χ0n) is 16.1. The minimum absolute atomic E-state index is 0.0525. The molecular weight excluding hydrogens is 331 g/mol. The lowest BCUT2D eigenvalue weighted by Gasteiger charge is -2.62. The lowest BCUT2D eigenvalue weighted by atomic mass is 9.44. The standard InChI is InChI=1S/C22H29FO3/c1-12-10-22(23)18-6-5-15(13(2)24)21(18,4)11-17(26)19(22)20(3)8-7-14(25)9-16(12)20/h7-9,12,15,17-19,26H,5-6,10-11H2,1-4H3/t12-,15+,17-,18+,19+,20-,21+,22-/m0/s1. The SMILES string of the molecule is CC(=O)[C@H]1CC[C@@H]2[C@]1(C)C[C@H](O)[C@H]1[C@]2(F)C[C@H](C)C2=CC(=O)C=C[C@@]21C. The minimum atomic E-state index is -1.52. The van der Waals surface area contributed by atoms with Crippen LogP contribution in [0, 0.1) is 34.5 Å². The van der Waals surface area contributed by atoms with Gasteiger partial charge < -0.3 is 5.11 Å². The van der Waals surface area contributed by atoms with Crippen LogP contribution in [0.25, 0.3) is 0 Å². The maximum absolute atomic E-state index is 16.9. The molecule has 0 unspecified atom stereocenters. The first-order valence-corrected chi connectivity index (χ1v) is 9.86. The fourth-order valence-electron chi connectivity index (χ4n) is 7.49. The van der Waals surface area contributed by atoms with Gasteiger partial charge in [-0.2, -0.15) is 0 Å². The van der Waals surface area contributed by atoms with Crippen molar-refractivity contribution in [3.8, 4) is 0 Å². The summed E-state index contributed by atoms with van der Waals surface area (Å²) in [5.41, 5.74) is -1.70. The van der Waals surface area contributed by atoms with E-state index in [1.165, 1.54) is 6.08 Å². The number of carbonyl (C=O) groups excluding carboxylic acids is 2. The molecule has 0 saturated heterocycles. The van der Waals surface area contributed by atoms with Crippen LogP contribution in [-0.2, 0) is 9.59 Å². The zero-order valence-corrected chi connectivity index (χ0v) is 16.1. The van der Waals surface area contributed by atoms with E-state index in [2.05, 4.69) is 0 Å². The minimum Gasteiger partial charge on any atom is -0.393 e. The van der Waals surface area contributed by atoms with E-state index in [9.17, 15) is 14.7 Å². The molecule has 8 atom stereocenters. The smallest absolute Gasteiger partial charge is 0.178 e. The second-order valence-electron chi connectivity index (χ2n) is 9.70. The monoisotopic (exact) mass is 360 g/mol. The molecule has 142 valence electrons. The molecule has 4 aliphatic rings. The molecule has 26 heavy (non-hydrogen) atoms. The number of halogens is 1. The average Bonchev–Trinajstić information content (AvgIpc) is 2.86. The third-order valence-corrected chi connectivity index (χ3v) is 8.27. The summed E-state index contributed by atoms with van der Waals surface area (Å²) in [6.45, 7) is 7.57. The van der Waals surface area contributed by atoms with Gasteiger partial charge in [0.15, 0.2) is 5.78 Å². The highest BCUT2D eigenvalue weighted by Gasteiger charge is 2.70. The molecule has 0 heterocycles. The van der Waals surface area contributed by atoms with Crippen molar-refractivity contribution in [1.82, 2.24) is 0 Å². The Kier molecular flexibility index (Phi) is 3.74. The number of fused-ring (bicyclic) bond motifs is 5. The Morgan fingerprint density at radius 2 is 1.96 bits per heavy atom. The highest BCUT2D eigenvalue weighted by molar-refractivity contribution is 6.01. The summed E-state index contributed by atoms with van der Waals surface area (Å²) in [7, 11) is 0. The van der Waals surface area contributed by atoms with Crippen molar-refractivity contribution < 1.29 is 19.1 Å². The number of hydrogen-bond donors (Lipinski definition) is 1. The Labute approximate surface area is 154 Å². The van der Waals surface area contributed by atoms with Gasteiger partial charge in [0.05, 0.1) is 6.10 Å². The van der Waals surface area contributed by atoms with Crippen LogP contribution in [0.4, 0.5) is 4.39 Å². The van der Waals surface area contributed by atoms with E-state index in [-0.39, 0.29) is 29.3 Å². The van der Waals surface area contributed by atoms with E-state index in [1.807, 2.05) is 26.8 Å². The molecule has 0 bridgehead atoms. The van der Waals surface area contributed by atoms with Gasteiger partial charge in [-0.15, -0.1) is 0 Å². The number of ketones is 2. The van der Waals surface area contributed by atoms with Gasteiger partial charge in [0.1, 0.15) is 11.5 Å². The van der Waals surface area contributed by atoms with Crippen molar-refractivity contribution in [2.24, 2.45) is 34.5 Å². The molecule has 0 spiro atoms. The summed E-state index contributed by atoms with van der Waals surface area (Å²) in [5.74, 6) is -0.943. The lowest BCUT2D eigenvalue weighted by molar-refractivity contribution is -0.189. The van der Waals surface area contributed by atoms with Gasteiger partial charge in [-0.25, -0.2) is 4.39 Å². The molecule has 4 rings (SSSR count). The van der Waals surface area contributed by atoms with Crippen molar-refractivity contribution >= 4 is 11.6 Å². The summed E-state index contributed by atoms with van der Waals surface area (Å²) < 4.78 is 16.9. The Bertz CT molecular complexity index is 740. The van der Waals surface area contributed by atoms with Gasteiger partial charge in [-0.3, -0.25) is 9.59 Å². The van der Waals surface area contributed by atoms with Gasteiger partial charge >= 0.3 is 0 Å². The molecule has 0 aromatic rings. The van der Waals surface area contributed by atoms with Crippen molar-refractivity contribution in [3.63, 3.8) is 0 Å². The molecule has 4 heteroatoms. The Morgan fingerprint density at radius 1 is 1.27 bits per heavy atom. The van der Waals surface area contributed by atoms with Crippen LogP contribution >= 0.6 is 0 Å². The van der Waals surface area contributed by atoms with E-state index in [4.69, 9.17) is 0 Å². The fraction of sp³-hybridized carbons (Fsp3) is 0.727. The van der Waals surface area contributed by atoms with Crippen LogP contribution in [-0.4, -0.2) is 28.4 Å². The van der Waals surface area contributed by atoms with Crippen molar-refractivity contribution in [2.45, 2.75) is 65.2 Å². The summed E-state index contributed by atoms with van der Waals surface area (Å²) in [5, 5.41) is 11.1. The maximum atomic E-state index is 16.9. The molecule has 4 aliphatic carbocycles. The van der Waals surface area contributed by atoms with Gasteiger partial charge in [-0.1, -0.05) is 32.4 Å². The molecule has 0 aliphatic heterocycles. The van der Waals surface area contributed by atoms with Crippen LogP contribution in [0.2, 0.25) is 0 Å². The van der Waals surface area contributed by atoms with E-state index in [1.54, 1.807) is 13.0 Å². The molecular formula is C22H29FO3. The largest absolute Gasteiger partial charge is 0.393 e. The van der Waals surface area contributed by atoms with Gasteiger partial charge in [0.25, 0.3) is 0 Å². The summed E-state index contributed by atoms with van der Waals surface area (Å²) in [6, 6.07) is 0. The van der Waals surface area contributed by atoms with Gasteiger partial charge in [-0.05, 0) is 62.0 Å². The Hall–Kier alpha value is -1.29. The first-order valence-electron chi connectivity index (χ1n) is 9.86. The first-order chi connectivity index (χ1) is 12.0. The Morgan fingerprint density at radius 3 is 2.62 bits per heavy atom. The van der Waals surface area contributed by atoms with Gasteiger partial charge in [0, 0.05) is 17.3 Å². The maximum Gasteiger partial charge on any atom is 0.178 e. The van der Waals surface area contributed by atoms with Crippen molar-refractivity contribution in [3.05, 3.63) is 23.8 Å². The molecule has 1 N–H and O–H groups in total. The van der Waals surface area contributed by atoms with Crippen LogP contribution < -0.4 is 0 Å². The number of carbonyl (C=O) groups is 2. The normalized spacial score (nSPS) is 52.8. The van der Waals surface area contributed by atoms with Crippen LogP contribution in [0.3, 0.4) is 0 Å². The molecule has 0 aromatic heterocycles. The fourth-order valence-corrected chi connectivity index (χ4v) is 7.49. The topological polar surface area (TPSA) is 54.4 Å². The number of allylic oxidation sites excluding steroid dienone is 4. The predicted octanol–water partition coefficient (Wildman–Crippen LogP) is 3.81. The quantitative estimate of drug-likeness (QED) is 0.774. The molecule has 0 amide bonds. The molecule has 3 nitrogen and oxygen atoms in total.